The molecule has 0 fully saturated rings. The van der Waals surface area contributed by atoms with Crippen LogP contribution in [0.1, 0.15) is 26.4 Å². The van der Waals surface area contributed by atoms with Crippen LogP contribution >= 0.6 is 0 Å². The first-order valence-electron chi connectivity index (χ1n) is 9.27. The minimum absolute atomic E-state index is 0.329. The van der Waals surface area contributed by atoms with E-state index in [2.05, 4.69) is 10.4 Å². The minimum atomic E-state index is -0.460. The van der Waals surface area contributed by atoms with Gasteiger partial charge >= 0.3 is 5.97 Å². The standard InChI is InChI=1S/C23H19N3O4/c1-15-17(23(28)29-2)10-6-11-18(15)24-22(27)20-14-19(21-12-7-13-30-21)25-26(20)16-8-4-3-5-9-16/h3-14H,1-2H3,(H,24,27). The van der Waals surface area contributed by atoms with Crippen molar-refractivity contribution in [2.75, 3.05) is 12.4 Å². The molecule has 0 saturated carbocycles. The van der Waals surface area contributed by atoms with Crippen molar-refractivity contribution >= 4 is 17.6 Å². The number of nitrogens with zero attached hydrogens (tertiary/aromatic N) is 2. The number of amides is 1. The van der Waals surface area contributed by atoms with Crippen LogP contribution in [-0.2, 0) is 4.74 Å². The van der Waals surface area contributed by atoms with Gasteiger partial charge in [0.25, 0.3) is 5.91 Å². The molecule has 0 bridgehead atoms. The molecule has 0 radical (unpaired) electrons. The molecular formula is C23H19N3O4. The van der Waals surface area contributed by atoms with Gasteiger partial charge in [-0.25, -0.2) is 9.48 Å². The Kier molecular flexibility index (Phi) is 5.17. The molecule has 0 aliphatic heterocycles. The molecule has 30 heavy (non-hydrogen) atoms. The van der Waals surface area contributed by atoms with Crippen molar-refractivity contribution < 1.29 is 18.7 Å². The third-order valence-corrected chi connectivity index (χ3v) is 4.70. The molecule has 1 N–H and O–H groups in total. The molecule has 4 aromatic rings. The number of anilines is 1. The number of carbonyl (C=O) groups excluding carboxylic acids is 2. The summed E-state index contributed by atoms with van der Waals surface area (Å²) < 4.78 is 11.8. The van der Waals surface area contributed by atoms with E-state index in [0.29, 0.717) is 34.0 Å². The normalized spacial score (nSPS) is 10.6. The predicted molar refractivity (Wildman–Crippen MR) is 112 cm³/mol. The zero-order valence-corrected chi connectivity index (χ0v) is 16.5. The lowest BCUT2D eigenvalue weighted by molar-refractivity contribution is 0.0599. The summed E-state index contributed by atoms with van der Waals surface area (Å²) in [7, 11) is 1.32. The average Bonchev–Trinajstić information content (AvgIpc) is 3.45. The number of aromatic nitrogens is 2. The third-order valence-electron chi connectivity index (χ3n) is 4.70. The number of para-hydroxylation sites is 1. The van der Waals surface area contributed by atoms with Crippen molar-refractivity contribution in [3.8, 4) is 17.1 Å². The van der Waals surface area contributed by atoms with Gasteiger partial charge in [-0.1, -0.05) is 24.3 Å². The van der Waals surface area contributed by atoms with Crippen LogP contribution in [0.4, 0.5) is 5.69 Å². The molecule has 2 heterocycles. The lowest BCUT2D eigenvalue weighted by Crippen LogP contribution is -2.18. The summed E-state index contributed by atoms with van der Waals surface area (Å²) in [5.74, 6) is -0.269. The predicted octanol–water partition coefficient (Wildman–Crippen LogP) is 4.48. The maximum absolute atomic E-state index is 13.2. The van der Waals surface area contributed by atoms with E-state index >= 15 is 0 Å². The average molecular weight is 401 g/mol. The summed E-state index contributed by atoms with van der Waals surface area (Å²) in [6.07, 6.45) is 1.55. The van der Waals surface area contributed by atoms with Gasteiger partial charge in [0.05, 0.1) is 24.6 Å². The second-order valence-corrected chi connectivity index (χ2v) is 6.56. The van der Waals surface area contributed by atoms with Crippen LogP contribution < -0.4 is 5.32 Å². The van der Waals surface area contributed by atoms with Crippen molar-refractivity contribution in [2.45, 2.75) is 6.92 Å². The highest BCUT2D eigenvalue weighted by atomic mass is 16.5. The van der Waals surface area contributed by atoms with Gasteiger partial charge in [0, 0.05) is 11.8 Å². The van der Waals surface area contributed by atoms with Crippen LogP contribution in [-0.4, -0.2) is 28.8 Å². The number of furan rings is 1. The van der Waals surface area contributed by atoms with Crippen LogP contribution in [0.5, 0.6) is 0 Å². The molecule has 0 spiro atoms. The van der Waals surface area contributed by atoms with Crippen LogP contribution in [0.3, 0.4) is 0 Å². The zero-order chi connectivity index (χ0) is 21.1. The first-order chi connectivity index (χ1) is 14.6. The van der Waals surface area contributed by atoms with E-state index in [1.165, 1.54) is 7.11 Å². The van der Waals surface area contributed by atoms with E-state index in [-0.39, 0.29) is 5.91 Å². The number of esters is 1. The molecule has 0 aliphatic rings. The summed E-state index contributed by atoms with van der Waals surface area (Å²) in [6, 6.07) is 19.6. The van der Waals surface area contributed by atoms with E-state index in [0.717, 1.165) is 5.69 Å². The molecular weight excluding hydrogens is 382 g/mol. The number of hydrogen-bond donors (Lipinski definition) is 1. The summed E-state index contributed by atoms with van der Waals surface area (Å²) >= 11 is 0. The minimum Gasteiger partial charge on any atom is -0.465 e. The molecule has 2 aromatic carbocycles. The smallest absolute Gasteiger partial charge is 0.338 e. The van der Waals surface area contributed by atoms with Crippen LogP contribution in [0.25, 0.3) is 17.1 Å². The second kappa shape index (κ2) is 8.08. The van der Waals surface area contributed by atoms with Gasteiger partial charge in [-0.3, -0.25) is 4.79 Å². The first kappa shape index (κ1) is 19.2. The zero-order valence-electron chi connectivity index (χ0n) is 16.5. The molecule has 1 amide bonds. The first-order valence-corrected chi connectivity index (χ1v) is 9.27. The fourth-order valence-corrected chi connectivity index (χ4v) is 3.14. The number of nitrogens with one attached hydrogen (secondary N) is 1. The molecule has 0 saturated heterocycles. The lowest BCUT2D eigenvalue weighted by atomic mass is 10.1. The molecule has 4 rings (SSSR count). The van der Waals surface area contributed by atoms with Gasteiger partial charge in [0.2, 0.25) is 0 Å². The summed E-state index contributed by atoms with van der Waals surface area (Å²) in [6.45, 7) is 1.75. The van der Waals surface area contributed by atoms with E-state index < -0.39 is 5.97 Å². The molecule has 7 nitrogen and oxygen atoms in total. The number of carbonyl (C=O) groups is 2. The molecule has 7 heteroatoms. The van der Waals surface area contributed by atoms with Crippen molar-refractivity contribution in [1.82, 2.24) is 9.78 Å². The maximum atomic E-state index is 13.2. The lowest BCUT2D eigenvalue weighted by Gasteiger charge is -2.12. The van der Waals surface area contributed by atoms with Crippen molar-refractivity contribution in [1.29, 1.82) is 0 Å². The Morgan fingerprint density at radius 2 is 1.83 bits per heavy atom. The highest BCUT2D eigenvalue weighted by Crippen LogP contribution is 2.24. The van der Waals surface area contributed by atoms with Crippen LogP contribution in [0.2, 0.25) is 0 Å². The fourth-order valence-electron chi connectivity index (χ4n) is 3.14. The van der Waals surface area contributed by atoms with Gasteiger partial charge < -0.3 is 14.5 Å². The topological polar surface area (TPSA) is 86.4 Å². The van der Waals surface area contributed by atoms with Gasteiger partial charge in [-0.05, 0) is 48.9 Å². The van der Waals surface area contributed by atoms with E-state index in [1.54, 1.807) is 54.3 Å². The summed E-state index contributed by atoms with van der Waals surface area (Å²) in [4.78, 5) is 25.1. The Hall–Kier alpha value is -4.13. The summed E-state index contributed by atoms with van der Waals surface area (Å²) in [5, 5.41) is 7.43. The van der Waals surface area contributed by atoms with Gasteiger partial charge in [0.15, 0.2) is 5.76 Å². The van der Waals surface area contributed by atoms with E-state index in [1.807, 2.05) is 30.3 Å². The third kappa shape index (κ3) is 3.60. The van der Waals surface area contributed by atoms with Gasteiger partial charge in [0.1, 0.15) is 11.4 Å². The number of rotatable bonds is 5. The molecule has 0 atom stereocenters. The highest BCUT2D eigenvalue weighted by Gasteiger charge is 2.20. The SMILES string of the molecule is COC(=O)c1cccc(NC(=O)c2cc(-c3ccco3)nn2-c2ccccc2)c1C. The fraction of sp³-hybridized carbons (Fsp3) is 0.0870. The Bertz CT molecular complexity index is 1190. The van der Waals surface area contributed by atoms with E-state index in [4.69, 9.17) is 9.15 Å². The number of ether oxygens (including phenoxy) is 1. The number of benzene rings is 2. The van der Waals surface area contributed by atoms with Crippen molar-refractivity contribution in [3.05, 3.63) is 89.8 Å². The maximum Gasteiger partial charge on any atom is 0.338 e. The van der Waals surface area contributed by atoms with Gasteiger partial charge in [-0.2, -0.15) is 5.10 Å². The molecule has 150 valence electrons. The number of methoxy groups -OCH3 is 1. The largest absolute Gasteiger partial charge is 0.465 e. The van der Waals surface area contributed by atoms with Crippen molar-refractivity contribution in [3.63, 3.8) is 0 Å². The Morgan fingerprint density at radius 1 is 1.03 bits per heavy atom. The molecule has 0 aliphatic carbocycles. The van der Waals surface area contributed by atoms with Crippen molar-refractivity contribution in [2.24, 2.45) is 0 Å². The number of hydrogen-bond acceptors (Lipinski definition) is 5. The monoisotopic (exact) mass is 401 g/mol. The van der Waals surface area contributed by atoms with Crippen LogP contribution in [0, 0.1) is 6.92 Å². The van der Waals surface area contributed by atoms with Crippen LogP contribution in [0.15, 0.2) is 77.4 Å². The summed E-state index contributed by atoms with van der Waals surface area (Å²) in [5.41, 5.74) is 3.13. The van der Waals surface area contributed by atoms with E-state index in [9.17, 15) is 9.59 Å². The quantitative estimate of drug-likeness (QED) is 0.498. The Labute approximate surface area is 172 Å². The van der Waals surface area contributed by atoms with Gasteiger partial charge in [-0.15, -0.1) is 0 Å². The highest BCUT2D eigenvalue weighted by molar-refractivity contribution is 6.05. The second-order valence-electron chi connectivity index (χ2n) is 6.56. The molecule has 0 unspecified atom stereocenters. The molecule has 2 aromatic heterocycles. The Balaban J connectivity index is 1.73. The Morgan fingerprint density at radius 3 is 2.53 bits per heavy atom.